The Hall–Kier alpha value is -1.89. The van der Waals surface area contributed by atoms with Crippen LogP contribution in [0, 0.1) is 16.0 Å². The normalized spacial score (nSPS) is 23.3. The van der Waals surface area contributed by atoms with Gasteiger partial charge in [-0.1, -0.05) is 0 Å². The van der Waals surface area contributed by atoms with E-state index in [0.29, 0.717) is 18.8 Å². The topological polar surface area (TPSA) is 88.6 Å². The SMILES string of the molecule is CC(O)C1CCN(C(=O)c2cc([N+](=O)[O-])cn2C2CC2)C1. The molecule has 2 heterocycles. The van der Waals surface area contributed by atoms with Crippen LogP contribution in [0.25, 0.3) is 0 Å². The maximum atomic E-state index is 12.6. The largest absolute Gasteiger partial charge is 0.393 e. The first-order valence-electron chi connectivity index (χ1n) is 7.31. The maximum absolute atomic E-state index is 12.6. The predicted molar refractivity (Wildman–Crippen MR) is 75.0 cm³/mol. The van der Waals surface area contributed by atoms with E-state index in [1.165, 1.54) is 12.3 Å². The van der Waals surface area contributed by atoms with Gasteiger partial charge in [0.15, 0.2) is 0 Å². The lowest BCUT2D eigenvalue weighted by Gasteiger charge is -2.18. The number of carbonyl (C=O) groups is 1. The molecule has 2 atom stereocenters. The number of amides is 1. The van der Waals surface area contributed by atoms with E-state index < -0.39 is 11.0 Å². The highest BCUT2D eigenvalue weighted by molar-refractivity contribution is 5.94. The summed E-state index contributed by atoms with van der Waals surface area (Å²) in [6.45, 7) is 2.84. The van der Waals surface area contributed by atoms with E-state index in [-0.39, 0.29) is 23.6 Å². The lowest BCUT2D eigenvalue weighted by Crippen LogP contribution is -2.31. The Morgan fingerprint density at radius 3 is 2.71 bits per heavy atom. The first kappa shape index (κ1) is 14.1. The molecular weight excluding hydrogens is 274 g/mol. The number of hydrogen-bond acceptors (Lipinski definition) is 4. The van der Waals surface area contributed by atoms with Crippen molar-refractivity contribution in [2.45, 2.75) is 38.3 Å². The Morgan fingerprint density at radius 2 is 2.19 bits per heavy atom. The van der Waals surface area contributed by atoms with Crippen molar-refractivity contribution in [3.63, 3.8) is 0 Å². The number of likely N-dealkylation sites (tertiary alicyclic amines) is 1. The van der Waals surface area contributed by atoms with Gasteiger partial charge in [-0.2, -0.15) is 0 Å². The number of carbonyl (C=O) groups excluding carboxylic acids is 1. The molecule has 1 saturated carbocycles. The summed E-state index contributed by atoms with van der Waals surface area (Å²) < 4.78 is 1.75. The van der Waals surface area contributed by atoms with Crippen molar-refractivity contribution < 1.29 is 14.8 Å². The number of aromatic nitrogens is 1. The van der Waals surface area contributed by atoms with Crippen LogP contribution < -0.4 is 0 Å². The van der Waals surface area contributed by atoms with E-state index in [0.717, 1.165) is 19.3 Å². The molecule has 7 nitrogen and oxygen atoms in total. The summed E-state index contributed by atoms with van der Waals surface area (Å²) in [5, 5.41) is 20.5. The molecule has 0 spiro atoms. The molecular formula is C14H19N3O4. The molecule has 0 bridgehead atoms. The smallest absolute Gasteiger partial charge is 0.287 e. The van der Waals surface area contributed by atoms with Crippen LogP contribution >= 0.6 is 0 Å². The third-order valence-corrected chi connectivity index (χ3v) is 4.40. The van der Waals surface area contributed by atoms with E-state index in [1.807, 2.05) is 0 Å². The van der Waals surface area contributed by atoms with Gasteiger partial charge < -0.3 is 14.6 Å². The van der Waals surface area contributed by atoms with Crippen molar-refractivity contribution >= 4 is 11.6 Å². The molecule has 1 aliphatic carbocycles. The van der Waals surface area contributed by atoms with Crippen LogP contribution in [0.15, 0.2) is 12.3 Å². The molecule has 1 aromatic heterocycles. The standard InChI is InChI=1S/C14H19N3O4/c1-9(18)10-4-5-15(7-10)14(19)13-6-12(17(20)21)8-16(13)11-2-3-11/h6,8-11,18H,2-5,7H2,1H3. The van der Waals surface area contributed by atoms with Crippen LogP contribution in [0.4, 0.5) is 5.69 Å². The van der Waals surface area contributed by atoms with E-state index in [4.69, 9.17) is 0 Å². The van der Waals surface area contributed by atoms with Gasteiger partial charge in [0.25, 0.3) is 11.6 Å². The van der Waals surface area contributed by atoms with E-state index in [1.54, 1.807) is 16.4 Å². The monoisotopic (exact) mass is 293 g/mol. The minimum atomic E-state index is -0.460. The zero-order chi connectivity index (χ0) is 15.1. The molecule has 2 fully saturated rings. The fraction of sp³-hybridized carbons (Fsp3) is 0.643. The second kappa shape index (κ2) is 5.14. The van der Waals surface area contributed by atoms with E-state index in [2.05, 4.69) is 0 Å². The summed E-state index contributed by atoms with van der Waals surface area (Å²) in [5.41, 5.74) is 0.368. The summed E-state index contributed by atoms with van der Waals surface area (Å²) in [4.78, 5) is 24.8. The Labute approximate surface area is 122 Å². The molecule has 1 saturated heterocycles. The highest BCUT2D eigenvalue weighted by Crippen LogP contribution is 2.38. The number of aliphatic hydroxyl groups excluding tert-OH is 1. The quantitative estimate of drug-likeness (QED) is 0.674. The average Bonchev–Trinajstić information content (AvgIpc) is 3.01. The maximum Gasteiger partial charge on any atom is 0.287 e. The summed E-state index contributed by atoms with van der Waals surface area (Å²) >= 11 is 0. The van der Waals surface area contributed by atoms with Crippen molar-refractivity contribution in [2.24, 2.45) is 5.92 Å². The van der Waals surface area contributed by atoms with Gasteiger partial charge in [0, 0.05) is 31.1 Å². The summed E-state index contributed by atoms with van der Waals surface area (Å²) in [7, 11) is 0. The van der Waals surface area contributed by atoms with Crippen molar-refractivity contribution in [1.82, 2.24) is 9.47 Å². The minimum Gasteiger partial charge on any atom is -0.393 e. The Balaban J connectivity index is 1.83. The van der Waals surface area contributed by atoms with E-state index in [9.17, 15) is 20.0 Å². The fourth-order valence-electron chi connectivity index (χ4n) is 2.92. The molecule has 0 aromatic carbocycles. The summed E-state index contributed by atoms with van der Waals surface area (Å²) in [6.07, 6.45) is 3.72. The Bertz CT molecular complexity index is 577. The number of hydrogen-bond donors (Lipinski definition) is 1. The van der Waals surface area contributed by atoms with Crippen LogP contribution in [0.5, 0.6) is 0 Å². The van der Waals surface area contributed by atoms with Crippen molar-refractivity contribution in [1.29, 1.82) is 0 Å². The molecule has 1 amide bonds. The van der Waals surface area contributed by atoms with Crippen molar-refractivity contribution in [3.8, 4) is 0 Å². The molecule has 0 radical (unpaired) electrons. The fourth-order valence-corrected chi connectivity index (χ4v) is 2.92. The first-order valence-corrected chi connectivity index (χ1v) is 7.31. The van der Waals surface area contributed by atoms with Crippen molar-refractivity contribution in [2.75, 3.05) is 13.1 Å². The Morgan fingerprint density at radius 1 is 1.48 bits per heavy atom. The predicted octanol–water partition coefficient (Wildman–Crippen LogP) is 1.57. The van der Waals surface area contributed by atoms with Gasteiger partial charge in [-0.15, -0.1) is 0 Å². The zero-order valence-electron chi connectivity index (χ0n) is 11.9. The molecule has 7 heteroatoms. The second-order valence-electron chi connectivity index (χ2n) is 6.02. The van der Waals surface area contributed by atoms with Crippen LogP contribution in [-0.2, 0) is 0 Å². The van der Waals surface area contributed by atoms with Gasteiger partial charge in [0.05, 0.1) is 17.2 Å². The molecule has 1 aliphatic heterocycles. The van der Waals surface area contributed by atoms with Crippen LogP contribution in [0.3, 0.4) is 0 Å². The van der Waals surface area contributed by atoms with Gasteiger partial charge in [-0.3, -0.25) is 14.9 Å². The van der Waals surface area contributed by atoms with Gasteiger partial charge in [0.1, 0.15) is 5.69 Å². The molecule has 1 N–H and O–H groups in total. The minimum absolute atomic E-state index is 0.0310. The number of aliphatic hydroxyl groups is 1. The third kappa shape index (κ3) is 2.65. The van der Waals surface area contributed by atoms with Gasteiger partial charge in [0.2, 0.25) is 0 Å². The molecule has 2 aliphatic rings. The highest BCUT2D eigenvalue weighted by atomic mass is 16.6. The van der Waals surface area contributed by atoms with Crippen LogP contribution in [0.1, 0.15) is 42.7 Å². The lowest BCUT2D eigenvalue weighted by atomic mass is 10.0. The first-order chi connectivity index (χ1) is 9.97. The van der Waals surface area contributed by atoms with Crippen molar-refractivity contribution in [3.05, 3.63) is 28.1 Å². The summed E-state index contributed by atoms with van der Waals surface area (Å²) in [6, 6.07) is 1.59. The lowest BCUT2D eigenvalue weighted by molar-refractivity contribution is -0.384. The van der Waals surface area contributed by atoms with Gasteiger partial charge in [-0.25, -0.2) is 0 Å². The highest BCUT2D eigenvalue weighted by Gasteiger charge is 2.35. The number of rotatable bonds is 4. The number of nitrogens with zero attached hydrogens (tertiary/aromatic N) is 3. The molecule has 21 heavy (non-hydrogen) atoms. The Kier molecular flexibility index (Phi) is 3.44. The van der Waals surface area contributed by atoms with Gasteiger partial charge in [-0.05, 0) is 26.2 Å². The average molecular weight is 293 g/mol. The summed E-state index contributed by atoms with van der Waals surface area (Å²) in [5.74, 6) is -0.0774. The van der Waals surface area contributed by atoms with Crippen LogP contribution in [-0.4, -0.2) is 44.6 Å². The number of nitro groups is 1. The zero-order valence-corrected chi connectivity index (χ0v) is 11.9. The van der Waals surface area contributed by atoms with Gasteiger partial charge >= 0.3 is 0 Å². The molecule has 1 aromatic rings. The van der Waals surface area contributed by atoms with E-state index >= 15 is 0 Å². The molecule has 2 unspecified atom stereocenters. The van der Waals surface area contributed by atoms with Crippen LogP contribution in [0.2, 0.25) is 0 Å². The molecule has 114 valence electrons. The molecule has 3 rings (SSSR count). The second-order valence-corrected chi connectivity index (χ2v) is 6.02. The third-order valence-electron chi connectivity index (χ3n) is 4.40.